The van der Waals surface area contributed by atoms with Crippen LogP contribution in [-0.2, 0) is 4.79 Å². The van der Waals surface area contributed by atoms with Gasteiger partial charge < -0.3 is 15.5 Å². The van der Waals surface area contributed by atoms with Crippen molar-refractivity contribution >= 4 is 23.4 Å². The largest absolute Gasteiger partial charge is 0.324 e. The van der Waals surface area contributed by atoms with E-state index in [-0.39, 0.29) is 24.1 Å². The van der Waals surface area contributed by atoms with Crippen molar-refractivity contribution in [2.24, 2.45) is 5.92 Å². The van der Waals surface area contributed by atoms with E-state index in [0.29, 0.717) is 25.2 Å². The third kappa shape index (κ3) is 4.36. The van der Waals surface area contributed by atoms with Crippen molar-refractivity contribution in [3.8, 4) is 0 Å². The number of halogens is 1. The van der Waals surface area contributed by atoms with Crippen LogP contribution in [0.5, 0.6) is 0 Å². The summed E-state index contributed by atoms with van der Waals surface area (Å²) < 4.78 is 13.7. The Kier molecular flexibility index (Phi) is 5.46. The summed E-state index contributed by atoms with van der Waals surface area (Å²) in [6.45, 7) is 2.75. The molecule has 0 spiro atoms. The Labute approximate surface area is 151 Å². The van der Waals surface area contributed by atoms with E-state index >= 15 is 0 Å². The van der Waals surface area contributed by atoms with Crippen molar-refractivity contribution in [1.82, 2.24) is 9.88 Å². The summed E-state index contributed by atoms with van der Waals surface area (Å²) in [5.41, 5.74) is 1.14. The summed E-state index contributed by atoms with van der Waals surface area (Å²) in [4.78, 5) is 30.6. The number of likely N-dealkylation sites (tertiary alicyclic amines) is 1. The van der Waals surface area contributed by atoms with Crippen LogP contribution in [0.4, 0.5) is 20.7 Å². The van der Waals surface area contributed by atoms with Gasteiger partial charge in [-0.1, -0.05) is 18.2 Å². The number of hydrogen-bond donors (Lipinski definition) is 2. The van der Waals surface area contributed by atoms with Crippen LogP contribution in [-0.4, -0.2) is 34.9 Å². The number of rotatable bonds is 3. The van der Waals surface area contributed by atoms with Crippen molar-refractivity contribution in [2.45, 2.75) is 19.8 Å². The highest BCUT2D eigenvalue weighted by molar-refractivity contribution is 5.93. The number of anilines is 2. The second kappa shape index (κ2) is 7.95. The van der Waals surface area contributed by atoms with E-state index < -0.39 is 11.8 Å². The normalized spacial score (nSPS) is 16.8. The quantitative estimate of drug-likeness (QED) is 0.885. The molecule has 0 bridgehead atoms. The molecule has 7 heteroatoms. The molecule has 0 saturated carbocycles. The molecule has 2 aromatic rings. The first-order valence-corrected chi connectivity index (χ1v) is 8.57. The van der Waals surface area contributed by atoms with Gasteiger partial charge in [-0.05, 0) is 43.5 Å². The first-order chi connectivity index (χ1) is 12.5. The first kappa shape index (κ1) is 17.8. The molecule has 1 saturated heterocycles. The number of piperidine rings is 1. The molecule has 3 amide bonds. The van der Waals surface area contributed by atoms with Gasteiger partial charge >= 0.3 is 6.03 Å². The van der Waals surface area contributed by atoms with E-state index in [4.69, 9.17) is 0 Å². The lowest BCUT2D eigenvalue weighted by Crippen LogP contribution is -2.45. The monoisotopic (exact) mass is 356 g/mol. The van der Waals surface area contributed by atoms with Crippen molar-refractivity contribution in [3.05, 3.63) is 54.0 Å². The molecule has 0 radical (unpaired) electrons. The van der Waals surface area contributed by atoms with Gasteiger partial charge in [0.15, 0.2) is 0 Å². The van der Waals surface area contributed by atoms with Gasteiger partial charge in [-0.3, -0.25) is 4.79 Å². The summed E-state index contributed by atoms with van der Waals surface area (Å²) in [5, 5.41) is 5.35. The van der Waals surface area contributed by atoms with Crippen LogP contribution < -0.4 is 10.6 Å². The number of carbonyl (C=O) groups excluding carboxylic acids is 2. The van der Waals surface area contributed by atoms with Crippen LogP contribution in [0.1, 0.15) is 18.4 Å². The molecule has 1 aromatic heterocycles. The van der Waals surface area contributed by atoms with E-state index in [1.165, 1.54) is 12.1 Å². The van der Waals surface area contributed by atoms with Crippen molar-refractivity contribution in [1.29, 1.82) is 0 Å². The van der Waals surface area contributed by atoms with E-state index in [2.05, 4.69) is 15.6 Å². The molecule has 1 aliphatic rings. The molecule has 1 atom stereocenters. The third-order valence-corrected chi connectivity index (χ3v) is 4.36. The topological polar surface area (TPSA) is 74.3 Å². The number of nitrogens with one attached hydrogen (secondary N) is 2. The molecular formula is C19H21FN4O2. The summed E-state index contributed by atoms with van der Waals surface area (Å²) >= 11 is 0. The minimum atomic E-state index is -0.488. The minimum absolute atomic E-state index is 0.132. The first-order valence-electron chi connectivity index (χ1n) is 8.57. The van der Waals surface area contributed by atoms with E-state index in [9.17, 15) is 14.0 Å². The van der Waals surface area contributed by atoms with Crippen molar-refractivity contribution in [2.75, 3.05) is 23.7 Å². The maximum atomic E-state index is 13.7. The van der Waals surface area contributed by atoms with Gasteiger partial charge in [-0.2, -0.15) is 0 Å². The molecular weight excluding hydrogens is 335 g/mol. The Bertz CT molecular complexity index is 794. The fourth-order valence-electron chi connectivity index (χ4n) is 2.90. The Morgan fingerprint density at radius 3 is 2.73 bits per heavy atom. The number of pyridine rings is 1. The van der Waals surface area contributed by atoms with Crippen LogP contribution >= 0.6 is 0 Å². The molecule has 6 nitrogen and oxygen atoms in total. The number of benzene rings is 1. The molecule has 2 heterocycles. The fraction of sp³-hybridized carbons (Fsp3) is 0.316. The SMILES string of the molecule is Cc1ccc(NC(=O)C2CCCN(C(=O)Nc3ccccc3F)C2)nc1. The lowest BCUT2D eigenvalue weighted by atomic mass is 9.97. The Hall–Kier alpha value is -2.96. The smallest absolute Gasteiger partial charge is 0.321 e. The van der Waals surface area contributed by atoms with Crippen LogP contribution in [0, 0.1) is 18.7 Å². The van der Waals surface area contributed by atoms with Gasteiger partial charge in [0.2, 0.25) is 5.91 Å². The predicted molar refractivity (Wildman–Crippen MR) is 97.3 cm³/mol. The number of para-hydroxylation sites is 1. The van der Waals surface area contributed by atoms with E-state index in [1.54, 1.807) is 29.3 Å². The Balaban J connectivity index is 1.59. The number of urea groups is 1. The molecule has 0 aliphatic carbocycles. The zero-order valence-corrected chi connectivity index (χ0v) is 14.5. The third-order valence-electron chi connectivity index (χ3n) is 4.36. The van der Waals surface area contributed by atoms with Gasteiger partial charge in [0.05, 0.1) is 11.6 Å². The molecule has 1 aromatic carbocycles. The molecule has 2 N–H and O–H groups in total. The maximum Gasteiger partial charge on any atom is 0.321 e. The van der Waals surface area contributed by atoms with Gasteiger partial charge in [-0.15, -0.1) is 0 Å². The van der Waals surface area contributed by atoms with Gasteiger partial charge in [0.25, 0.3) is 0 Å². The van der Waals surface area contributed by atoms with Gasteiger partial charge in [0.1, 0.15) is 11.6 Å². The van der Waals surface area contributed by atoms with Crippen LogP contribution in [0.25, 0.3) is 0 Å². The second-order valence-electron chi connectivity index (χ2n) is 6.41. The summed E-state index contributed by atoms with van der Waals surface area (Å²) in [7, 11) is 0. The molecule has 26 heavy (non-hydrogen) atoms. The van der Waals surface area contributed by atoms with Crippen molar-refractivity contribution < 1.29 is 14.0 Å². The number of nitrogens with zero attached hydrogens (tertiary/aromatic N) is 2. The summed E-state index contributed by atoms with van der Waals surface area (Å²) in [6.07, 6.45) is 3.09. The molecule has 3 rings (SSSR count). The highest BCUT2D eigenvalue weighted by Crippen LogP contribution is 2.20. The van der Waals surface area contributed by atoms with E-state index in [1.807, 2.05) is 13.0 Å². The number of amides is 3. The molecule has 1 aliphatic heterocycles. The minimum Gasteiger partial charge on any atom is -0.324 e. The average Bonchev–Trinajstić information content (AvgIpc) is 2.65. The molecule has 136 valence electrons. The number of carbonyl (C=O) groups is 2. The predicted octanol–water partition coefficient (Wildman–Crippen LogP) is 3.41. The maximum absolute atomic E-state index is 13.7. The fourth-order valence-corrected chi connectivity index (χ4v) is 2.90. The molecule has 1 unspecified atom stereocenters. The lowest BCUT2D eigenvalue weighted by Gasteiger charge is -2.32. The summed E-state index contributed by atoms with van der Waals surface area (Å²) in [6, 6.07) is 9.23. The highest BCUT2D eigenvalue weighted by Gasteiger charge is 2.29. The summed E-state index contributed by atoms with van der Waals surface area (Å²) in [5.74, 6) is -0.478. The highest BCUT2D eigenvalue weighted by atomic mass is 19.1. The average molecular weight is 356 g/mol. The number of hydrogen-bond acceptors (Lipinski definition) is 3. The van der Waals surface area contributed by atoms with Crippen LogP contribution in [0.2, 0.25) is 0 Å². The van der Waals surface area contributed by atoms with Gasteiger partial charge in [-0.25, -0.2) is 14.2 Å². The zero-order chi connectivity index (χ0) is 18.5. The van der Waals surface area contributed by atoms with Gasteiger partial charge in [0, 0.05) is 19.3 Å². The second-order valence-corrected chi connectivity index (χ2v) is 6.41. The van der Waals surface area contributed by atoms with Crippen LogP contribution in [0.3, 0.4) is 0 Å². The Morgan fingerprint density at radius 1 is 1.19 bits per heavy atom. The lowest BCUT2D eigenvalue weighted by molar-refractivity contribution is -0.121. The zero-order valence-electron chi connectivity index (χ0n) is 14.5. The van der Waals surface area contributed by atoms with Crippen LogP contribution in [0.15, 0.2) is 42.6 Å². The van der Waals surface area contributed by atoms with E-state index in [0.717, 1.165) is 5.56 Å². The standard InChI is InChI=1S/C19H21FN4O2/c1-13-8-9-17(21-11-13)23-18(25)14-5-4-10-24(12-14)19(26)22-16-7-3-2-6-15(16)20/h2-3,6-9,11,14H,4-5,10,12H2,1H3,(H,22,26)(H,21,23,25). The number of aryl methyl sites for hydroxylation is 1. The molecule has 1 fully saturated rings. The van der Waals surface area contributed by atoms with Crippen molar-refractivity contribution in [3.63, 3.8) is 0 Å². The number of aromatic nitrogens is 1. The Morgan fingerprint density at radius 2 is 2.00 bits per heavy atom.